The first kappa shape index (κ1) is 13.5. The summed E-state index contributed by atoms with van der Waals surface area (Å²) >= 11 is 0. The summed E-state index contributed by atoms with van der Waals surface area (Å²) < 4.78 is 0. The first-order valence-electron chi connectivity index (χ1n) is 6.59. The molecule has 1 aliphatic rings. The molecule has 1 saturated carbocycles. The van der Waals surface area contributed by atoms with Crippen LogP contribution in [0.1, 0.15) is 58.8 Å². The number of aliphatic carboxylic acids is 1. The van der Waals surface area contributed by atoms with Crippen LogP contribution in [0, 0.1) is 5.92 Å². The Balaban J connectivity index is 2.15. The number of hydrogen-bond donors (Lipinski definition) is 2. The van der Waals surface area contributed by atoms with E-state index in [1.54, 1.807) is 0 Å². The van der Waals surface area contributed by atoms with Crippen molar-refractivity contribution >= 4 is 5.97 Å². The van der Waals surface area contributed by atoms with E-state index in [0.29, 0.717) is 12.1 Å². The average molecular weight is 227 g/mol. The number of nitrogens with one attached hydrogen (secondary N) is 1. The molecule has 0 spiro atoms. The molecule has 3 heteroatoms. The second kappa shape index (κ2) is 6.89. The molecule has 1 fully saturated rings. The van der Waals surface area contributed by atoms with Gasteiger partial charge >= 0.3 is 5.97 Å². The Kier molecular flexibility index (Phi) is 5.81. The summed E-state index contributed by atoms with van der Waals surface area (Å²) in [6.07, 6.45) is 7.51. The fourth-order valence-corrected chi connectivity index (χ4v) is 2.56. The van der Waals surface area contributed by atoms with E-state index in [1.165, 1.54) is 32.1 Å². The molecule has 2 N–H and O–H groups in total. The Morgan fingerprint density at radius 3 is 2.50 bits per heavy atom. The summed E-state index contributed by atoms with van der Waals surface area (Å²) in [6, 6.07) is 0.950. The normalized spacial score (nSPS) is 27.6. The quantitative estimate of drug-likeness (QED) is 0.733. The van der Waals surface area contributed by atoms with Crippen molar-refractivity contribution in [3.05, 3.63) is 0 Å². The van der Waals surface area contributed by atoms with Crippen molar-refractivity contribution in [2.24, 2.45) is 5.92 Å². The van der Waals surface area contributed by atoms with Crippen LogP contribution in [0.15, 0.2) is 0 Å². The molecule has 0 heterocycles. The van der Waals surface area contributed by atoms with Crippen molar-refractivity contribution in [3.8, 4) is 0 Å². The van der Waals surface area contributed by atoms with Gasteiger partial charge in [0.25, 0.3) is 0 Å². The van der Waals surface area contributed by atoms with Crippen molar-refractivity contribution in [2.75, 3.05) is 0 Å². The molecule has 0 aromatic rings. The minimum Gasteiger partial charge on any atom is -0.481 e. The fraction of sp³-hybridized carbons (Fsp3) is 0.923. The summed E-state index contributed by atoms with van der Waals surface area (Å²) in [5.74, 6) is 0.232. The van der Waals surface area contributed by atoms with Crippen molar-refractivity contribution in [3.63, 3.8) is 0 Å². The van der Waals surface area contributed by atoms with Gasteiger partial charge in [-0.2, -0.15) is 0 Å². The third-order valence-corrected chi connectivity index (χ3v) is 3.74. The minimum atomic E-state index is -0.691. The number of carboxylic acid groups (broad SMARTS) is 1. The second-order valence-corrected chi connectivity index (χ2v) is 5.13. The maximum atomic E-state index is 10.5. The minimum absolute atomic E-state index is 0.276. The molecule has 1 atom stereocenters. The summed E-state index contributed by atoms with van der Waals surface area (Å²) in [6.45, 7) is 4.36. The lowest BCUT2D eigenvalue weighted by atomic mass is 9.84. The van der Waals surface area contributed by atoms with E-state index in [4.69, 9.17) is 5.11 Å². The standard InChI is InChI=1S/C13H25NO2/c1-3-11-5-7-12(8-6-11)14-10(2)4-9-13(15)16/h10-12,14H,3-9H2,1-2H3,(H,15,16). The molecule has 0 aromatic carbocycles. The Bertz CT molecular complexity index is 210. The lowest BCUT2D eigenvalue weighted by Gasteiger charge is -2.30. The lowest BCUT2D eigenvalue weighted by molar-refractivity contribution is -0.137. The molecule has 0 radical (unpaired) electrons. The van der Waals surface area contributed by atoms with E-state index < -0.39 is 5.97 Å². The number of carbonyl (C=O) groups is 1. The number of carboxylic acids is 1. The summed E-state index contributed by atoms with van der Waals surface area (Å²) in [4.78, 5) is 10.5. The summed E-state index contributed by atoms with van der Waals surface area (Å²) in [5.41, 5.74) is 0. The van der Waals surface area contributed by atoms with Crippen LogP contribution in [0.3, 0.4) is 0 Å². The largest absolute Gasteiger partial charge is 0.481 e. The molecule has 0 aliphatic heterocycles. The van der Waals surface area contributed by atoms with Gasteiger partial charge in [0.15, 0.2) is 0 Å². The van der Waals surface area contributed by atoms with E-state index in [-0.39, 0.29) is 6.42 Å². The monoisotopic (exact) mass is 227 g/mol. The summed E-state index contributed by atoms with van der Waals surface area (Å²) in [7, 11) is 0. The topological polar surface area (TPSA) is 49.3 Å². The molecule has 0 amide bonds. The first-order chi connectivity index (χ1) is 7.61. The van der Waals surface area contributed by atoms with Gasteiger partial charge in [0.1, 0.15) is 0 Å². The van der Waals surface area contributed by atoms with Crippen molar-refractivity contribution in [1.29, 1.82) is 0 Å². The van der Waals surface area contributed by atoms with Crippen LogP contribution in [0.2, 0.25) is 0 Å². The van der Waals surface area contributed by atoms with Crippen molar-refractivity contribution in [2.45, 2.75) is 70.9 Å². The van der Waals surface area contributed by atoms with Gasteiger partial charge in [0, 0.05) is 18.5 Å². The van der Waals surface area contributed by atoms with E-state index in [1.807, 2.05) is 0 Å². The summed E-state index contributed by atoms with van der Waals surface area (Å²) in [5, 5.41) is 12.2. The molecule has 0 bridgehead atoms. The van der Waals surface area contributed by atoms with E-state index in [0.717, 1.165) is 12.3 Å². The highest BCUT2D eigenvalue weighted by molar-refractivity contribution is 5.66. The molecule has 3 nitrogen and oxygen atoms in total. The fourth-order valence-electron chi connectivity index (χ4n) is 2.56. The Morgan fingerprint density at radius 1 is 1.38 bits per heavy atom. The third-order valence-electron chi connectivity index (χ3n) is 3.74. The van der Waals surface area contributed by atoms with Gasteiger partial charge in [0.05, 0.1) is 0 Å². The molecular weight excluding hydrogens is 202 g/mol. The molecule has 94 valence electrons. The molecule has 1 unspecified atom stereocenters. The van der Waals surface area contributed by atoms with E-state index >= 15 is 0 Å². The molecule has 0 saturated heterocycles. The number of rotatable bonds is 6. The van der Waals surface area contributed by atoms with Crippen LogP contribution in [-0.4, -0.2) is 23.2 Å². The van der Waals surface area contributed by atoms with E-state index in [9.17, 15) is 4.79 Å². The zero-order valence-electron chi connectivity index (χ0n) is 10.5. The average Bonchev–Trinajstić information content (AvgIpc) is 2.27. The van der Waals surface area contributed by atoms with Crippen LogP contribution in [-0.2, 0) is 4.79 Å². The molecular formula is C13H25NO2. The lowest BCUT2D eigenvalue weighted by Crippen LogP contribution is -2.39. The molecule has 1 rings (SSSR count). The van der Waals surface area contributed by atoms with Crippen LogP contribution in [0.25, 0.3) is 0 Å². The zero-order valence-corrected chi connectivity index (χ0v) is 10.5. The smallest absolute Gasteiger partial charge is 0.303 e. The van der Waals surface area contributed by atoms with Gasteiger partial charge in [-0.15, -0.1) is 0 Å². The first-order valence-corrected chi connectivity index (χ1v) is 6.59. The Labute approximate surface area is 98.6 Å². The van der Waals surface area contributed by atoms with Crippen LogP contribution in [0.5, 0.6) is 0 Å². The molecule has 1 aliphatic carbocycles. The predicted molar refractivity (Wildman–Crippen MR) is 65.5 cm³/mol. The Hall–Kier alpha value is -0.570. The van der Waals surface area contributed by atoms with Gasteiger partial charge in [-0.1, -0.05) is 13.3 Å². The van der Waals surface area contributed by atoms with Gasteiger partial charge in [0.2, 0.25) is 0 Å². The number of hydrogen-bond acceptors (Lipinski definition) is 2. The second-order valence-electron chi connectivity index (χ2n) is 5.13. The molecule has 16 heavy (non-hydrogen) atoms. The third kappa shape index (κ3) is 4.97. The van der Waals surface area contributed by atoms with Gasteiger partial charge in [-0.25, -0.2) is 0 Å². The van der Waals surface area contributed by atoms with Gasteiger partial charge in [-0.3, -0.25) is 4.79 Å². The van der Waals surface area contributed by atoms with Crippen molar-refractivity contribution in [1.82, 2.24) is 5.32 Å². The van der Waals surface area contributed by atoms with Crippen LogP contribution >= 0.6 is 0 Å². The maximum absolute atomic E-state index is 10.5. The van der Waals surface area contributed by atoms with Crippen LogP contribution in [0.4, 0.5) is 0 Å². The highest BCUT2D eigenvalue weighted by atomic mass is 16.4. The van der Waals surface area contributed by atoms with Crippen molar-refractivity contribution < 1.29 is 9.90 Å². The predicted octanol–water partition coefficient (Wildman–Crippen LogP) is 2.80. The maximum Gasteiger partial charge on any atom is 0.303 e. The zero-order chi connectivity index (χ0) is 12.0. The van der Waals surface area contributed by atoms with Gasteiger partial charge in [-0.05, 0) is 44.9 Å². The Morgan fingerprint density at radius 2 is 2.00 bits per heavy atom. The highest BCUT2D eigenvalue weighted by Gasteiger charge is 2.20. The van der Waals surface area contributed by atoms with Crippen LogP contribution < -0.4 is 5.32 Å². The SMILES string of the molecule is CCC1CCC(NC(C)CCC(=O)O)CC1. The van der Waals surface area contributed by atoms with E-state index in [2.05, 4.69) is 19.2 Å². The highest BCUT2D eigenvalue weighted by Crippen LogP contribution is 2.26. The molecule has 0 aromatic heterocycles. The van der Waals surface area contributed by atoms with Gasteiger partial charge < -0.3 is 10.4 Å².